The number of nitrogens with one attached hydrogen (secondary N) is 1. The third kappa shape index (κ3) is 3.74. The van der Waals surface area contributed by atoms with Gasteiger partial charge in [0.05, 0.1) is 6.20 Å². The van der Waals surface area contributed by atoms with Crippen molar-refractivity contribution in [3.8, 4) is 11.6 Å². The van der Waals surface area contributed by atoms with E-state index in [2.05, 4.69) is 22.2 Å². The van der Waals surface area contributed by atoms with Crippen LogP contribution in [-0.2, 0) is 0 Å². The minimum atomic E-state index is 0.325. The fraction of sp³-hybridized carbons (Fsp3) is 0.286. The number of aromatic nitrogens is 2. The number of ether oxygens (including phenoxy) is 1. The van der Waals surface area contributed by atoms with Crippen LogP contribution >= 0.6 is 23.2 Å². The van der Waals surface area contributed by atoms with E-state index in [1.54, 1.807) is 12.1 Å². The Hall–Kier alpha value is -1.52. The molecule has 0 aliphatic carbocycles. The zero-order valence-electron chi connectivity index (χ0n) is 11.3. The van der Waals surface area contributed by atoms with Gasteiger partial charge in [-0.3, -0.25) is 0 Å². The molecule has 0 spiro atoms. The van der Waals surface area contributed by atoms with Crippen LogP contribution in [-0.4, -0.2) is 16.5 Å². The average Bonchev–Trinajstić information content (AvgIpc) is 2.42. The lowest BCUT2D eigenvalue weighted by Gasteiger charge is -2.10. The van der Waals surface area contributed by atoms with Gasteiger partial charge in [-0.1, -0.05) is 30.1 Å². The van der Waals surface area contributed by atoms with Gasteiger partial charge < -0.3 is 10.1 Å². The van der Waals surface area contributed by atoms with Gasteiger partial charge >= 0.3 is 0 Å². The lowest BCUT2D eigenvalue weighted by atomic mass is 10.2. The number of hydrogen-bond acceptors (Lipinski definition) is 4. The Morgan fingerprint density at radius 3 is 2.80 bits per heavy atom. The number of rotatable bonds is 5. The molecule has 4 nitrogen and oxygen atoms in total. The van der Waals surface area contributed by atoms with Gasteiger partial charge in [0.2, 0.25) is 11.8 Å². The highest BCUT2D eigenvalue weighted by Gasteiger charge is 2.09. The van der Waals surface area contributed by atoms with Crippen molar-refractivity contribution in [1.82, 2.24) is 9.97 Å². The van der Waals surface area contributed by atoms with Crippen molar-refractivity contribution in [3.63, 3.8) is 0 Å². The molecule has 0 saturated carbocycles. The number of halogens is 2. The molecular formula is C14H15Cl2N3O. The molecule has 0 fully saturated rings. The maximum absolute atomic E-state index is 6.06. The van der Waals surface area contributed by atoms with Gasteiger partial charge in [0, 0.05) is 11.6 Å². The number of benzene rings is 1. The third-order valence-electron chi connectivity index (χ3n) is 2.59. The lowest BCUT2D eigenvalue weighted by molar-refractivity contribution is 0.459. The van der Waals surface area contributed by atoms with Crippen molar-refractivity contribution in [2.24, 2.45) is 0 Å². The fourth-order valence-corrected chi connectivity index (χ4v) is 1.93. The maximum Gasteiger partial charge on any atom is 0.243 e. The van der Waals surface area contributed by atoms with E-state index in [4.69, 9.17) is 27.9 Å². The van der Waals surface area contributed by atoms with E-state index in [9.17, 15) is 0 Å². The summed E-state index contributed by atoms with van der Waals surface area (Å²) in [6, 6.07) is 5.37. The Bertz CT molecular complexity index is 605. The van der Waals surface area contributed by atoms with Crippen LogP contribution in [0.25, 0.3) is 0 Å². The minimum absolute atomic E-state index is 0.325. The van der Waals surface area contributed by atoms with E-state index >= 15 is 0 Å². The first-order valence-electron chi connectivity index (χ1n) is 6.30. The molecule has 20 heavy (non-hydrogen) atoms. The third-order valence-corrected chi connectivity index (χ3v) is 3.08. The molecule has 0 bridgehead atoms. The molecule has 0 saturated heterocycles. The monoisotopic (exact) mass is 311 g/mol. The van der Waals surface area contributed by atoms with Crippen LogP contribution in [0, 0.1) is 6.92 Å². The fourth-order valence-electron chi connectivity index (χ4n) is 1.58. The SMILES string of the molecule is CCCNc1ncc(Cl)c(Oc2ccc(Cl)cc2C)n1. The highest BCUT2D eigenvalue weighted by atomic mass is 35.5. The van der Waals surface area contributed by atoms with Crippen LogP contribution in [0.15, 0.2) is 24.4 Å². The molecule has 0 aliphatic heterocycles. The Morgan fingerprint density at radius 1 is 1.30 bits per heavy atom. The lowest BCUT2D eigenvalue weighted by Crippen LogP contribution is -2.05. The molecule has 0 unspecified atom stereocenters. The predicted molar refractivity (Wildman–Crippen MR) is 82.1 cm³/mol. The first kappa shape index (κ1) is 14.9. The van der Waals surface area contributed by atoms with Gasteiger partial charge in [-0.05, 0) is 37.1 Å². The van der Waals surface area contributed by atoms with Crippen molar-refractivity contribution in [2.45, 2.75) is 20.3 Å². The summed E-state index contributed by atoms with van der Waals surface area (Å²) in [6.45, 7) is 4.77. The van der Waals surface area contributed by atoms with Gasteiger partial charge in [0.15, 0.2) is 0 Å². The average molecular weight is 312 g/mol. The zero-order chi connectivity index (χ0) is 14.5. The van der Waals surface area contributed by atoms with E-state index in [0.29, 0.717) is 27.6 Å². The summed E-state index contributed by atoms with van der Waals surface area (Å²) < 4.78 is 5.73. The topological polar surface area (TPSA) is 47.0 Å². The highest BCUT2D eigenvalue weighted by Crippen LogP contribution is 2.30. The summed E-state index contributed by atoms with van der Waals surface area (Å²) in [5.41, 5.74) is 0.912. The Labute approximate surface area is 128 Å². The van der Waals surface area contributed by atoms with Crippen molar-refractivity contribution in [2.75, 3.05) is 11.9 Å². The van der Waals surface area contributed by atoms with Crippen LogP contribution in [0.1, 0.15) is 18.9 Å². The van der Waals surface area contributed by atoms with Crippen LogP contribution in [0.5, 0.6) is 11.6 Å². The van der Waals surface area contributed by atoms with Crippen molar-refractivity contribution >= 4 is 29.2 Å². The summed E-state index contributed by atoms with van der Waals surface area (Å²) in [6.07, 6.45) is 2.51. The van der Waals surface area contributed by atoms with Crippen LogP contribution in [0.3, 0.4) is 0 Å². The van der Waals surface area contributed by atoms with Crippen LogP contribution in [0.4, 0.5) is 5.95 Å². The summed E-state index contributed by atoms with van der Waals surface area (Å²) in [7, 11) is 0. The molecule has 1 aromatic carbocycles. The highest BCUT2D eigenvalue weighted by molar-refractivity contribution is 6.31. The largest absolute Gasteiger partial charge is 0.437 e. The molecule has 2 rings (SSSR count). The second-order valence-corrected chi connectivity index (χ2v) is 5.13. The van der Waals surface area contributed by atoms with Gasteiger partial charge in [-0.25, -0.2) is 4.98 Å². The molecule has 0 radical (unpaired) electrons. The molecular weight excluding hydrogens is 297 g/mol. The Kier molecular flexibility index (Phi) is 5.04. The predicted octanol–water partition coefficient (Wildman–Crippen LogP) is 4.71. The van der Waals surface area contributed by atoms with Gasteiger partial charge in [0.25, 0.3) is 0 Å². The van der Waals surface area contributed by atoms with E-state index < -0.39 is 0 Å². The maximum atomic E-state index is 6.06. The normalized spacial score (nSPS) is 10.4. The molecule has 1 heterocycles. The molecule has 106 valence electrons. The van der Waals surface area contributed by atoms with Crippen LogP contribution in [0.2, 0.25) is 10.0 Å². The van der Waals surface area contributed by atoms with Crippen LogP contribution < -0.4 is 10.1 Å². The molecule has 2 aromatic rings. The standard InChI is InChI=1S/C14H15Cl2N3O/c1-3-6-17-14-18-8-11(16)13(19-14)20-12-5-4-10(15)7-9(12)2/h4-5,7-8H,3,6H2,1-2H3,(H,17,18,19). The summed E-state index contributed by atoms with van der Waals surface area (Å²) >= 11 is 12.0. The molecule has 1 aromatic heterocycles. The molecule has 0 atom stereocenters. The summed E-state index contributed by atoms with van der Waals surface area (Å²) in [4.78, 5) is 8.36. The first-order valence-corrected chi connectivity index (χ1v) is 7.06. The second-order valence-electron chi connectivity index (χ2n) is 4.29. The number of anilines is 1. The summed E-state index contributed by atoms with van der Waals surface area (Å²) in [5, 5.41) is 4.11. The minimum Gasteiger partial charge on any atom is -0.437 e. The van der Waals surface area contributed by atoms with Gasteiger partial charge in [-0.15, -0.1) is 0 Å². The van der Waals surface area contributed by atoms with Crippen molar-refractivity contribution in [3.05, 3.63) is 40.0 Å². The van der Waals surface area contributed by atoms with Gasteiger partial charge in [-0.2, -0.15) is 4.98 Å². The summed E-state index contributed by atoms with van der Waals surface area (Å²) in [5.74, 6) is 1.49. The van der Waals surface area contributed by atoms with E-state index in [1.807, 2.05) is 13.0 Å². The Balaban J connectivity index is 2.23. The molecule has 6 heteroatoms. The zero-order valence-corrected chi connectivity index (χ0v) is 12.8. The first-order chi connectivity index (χ1) is 9.60. The second kappa shape index (κ2) is 6.77. The number of hydrogen-bond donors (Lipinski definition) is 1. The Morgan fingerprint density at radius 2 is 2.10 bits per heavy atom. The number of aryl methyl sites for hydroxylation is 1. The molecule has 1 N–H and O–H groups in total. The van der Waals surface area contributed by atoms with E-state index in [0.717, 1.165) is 18.5 Å². The molecule has 0 amide bonds. The van der Waals surface area contributed by atoms with Crippen molar-refractivity contribution in [1.29, 1.82) is 0 Å². The quantitative estimate of drug-likeness (QED) is 0.869. The number of nitrogens with zero attached hydrogens (tertiary/aromatic N) is 2. The molecule has 0 aliphatic rings. The van der Waals surface area contributed by atoms with Gasteiger partial charge in [0.1, 0.15) is 10.8 Å². The smallest absolute Gasteiger partial charge is 0.243 e. The van der Waals surface area contributed by atoms with E-state index in [-0.39, 0.29) is 0 Å². The van der Waals surface area contributed by atoms with Crippen molar-refractivity contribution < 1.29 is 4.74 Å². The van der Waals surface area contributed by atoms with E-state index in [1.165, 1.54) is 6.20 Å².